The average Bonchev–Trinajstić information content (AvgIpc) is 3.32. The molecule has 0 bridgehead atoms. The Balaban J connectivity index is 0.934. The number of carbonyl (C=O) groups excluding carboxylic acids is 1. The van der Waals surface area contributed by atoms with Crippen LogP contribution in [-0.2, 0) is 0 Å². The van der Waals surface area contributed by atoms with E-state index < -0.39 is 5.97 Å². The summed E-state index contributed by atoms with van der Waals surface area (Å²) >= 11 is 0. The number of hydrogen-bond acceptors (Lipinski definition) is 9. The van der Waals surface area contributed by atoms with Crippen molar-refractivity contribution < 1.29 is 24.2 Å². The van der Waals surface area contributed by atoms with E-state index in [4.69, 9.17) is 14.4 Å². The molecule has 0 atom stereocenters. The number of anilines is 2. The number of unbranched alkanes of at least 4 members (excludes halogenated alkanes) is 1. The minimum Gasteiger partial charge on any atom is -0.508 e. The predicted molar refractivity (Wildman–Crippen MR) is 258 cm³/mol. The van der Waals surface area contributed by atoms with E-state index in [9.17, 15) is 24.6 Å². The number of hydrogen-bond donors (Lipinski definition) is 4. The number of nitrogens with zero attached hydrogens (tertiary/aromatic N) is 3. The fourth-order valence-electron chi connectivity index (χ4n) is 8.90. The lowest BCUT2D eigenvalue weighted by molar-refractivity contribution is 0.0697. The van der Waals surface area contributed by atoms with E-state index >= 15 is 0 Å². The summed E-state index contributed by atoms with van der Waals surface area (Å²) < 4.78 is 6.01. The van der Waals surface area contributed by atoms with E-state index in [1.165, 1.54) is 30.3 Å². The summed E-state index contributed by atoms with van der Waals surface area (Å²) in [6.45, 7) is 2.10. The number of benzene rings is 7. The average molecular weight is 858 g/mol. The van der Waals surface area contributed by atoms with E-state index in [1.807, 2.05) is 77.7 Å². The minimum atomic E-state index is -1.22. The zero-order valence-corrected chi connectivity index (χ0v) is 35.3. The van der Waals surface area contributed by atoms with E-state index in [0.29, 0.717) is 61.1 Å². The molecule has 0 radical (unpaired) electrons. The van der Waals surface area contributed by atoms with Gasteiger partial charge in [-0.05, 0) is 85.5 Å². The Bertz CT molecular complexity index is 3390. The molecule has 11 nitrogen and oxygen atoms in total. The Morgan fingerprint density at radius 2 is 1.11 bits per heavy atom. The third-order valence-electron chi connectivity index (χ3n) is 12.0. The van der Waals surface area contributed by atoms with Crippen molar-refractivity contribution >= 4 is 77.8 Å². The third-order valence-corrected chi connectivity index (χ3v) is 12.0. The maximum atomic E-state index is 14.7. The predicted octanol–water partition coefficient (Wildman–Crippen LogP) is 11.2. The number of phenols is 1. The molecule has 0 saturated heterocycles. The van der Waals surface area contributed by atoms with Crippen LogP contribution in [0.1, 0.15) is 40.0 Å². The summed E-state index contributed by atoms with van der Waals surface area (Å²) in [5.41, 5.74) is 7.18. The topological polar surface area (TPSA) is 158 Å². The second-order valence-corrected chi connectivity index (χ2v) is 16.1. The molecule has 2 aromatic heterocycles. The third kappa shape index (κ3) is 8.00. The Hall–Kier alpha value is -8.31. The van der Waals surface area contributed by atoms with Crippen LogP contribution in [0.15, 0.2) is 161 Å². The van der Waals surface area contributed by atoms with Crippen LogP contribution in [0, 0.1) is 0 Å². The number of para-hydroxylation sites is 4. The van der Waals surface area contributed by atoms with Gasteiger partial charge >= 0.3 is 5.97 Å². The largest absolute Gasteiger partial charge is 0.508 e. The van der Waals surface area contributed by atoms with Crippen LogP contribution < -0.4 is 16.1 Å². The van der Waals surface area contributed by atoms with Crippen LogP contribution in [0.5, 0.6) is 5.75 Å². The number of pyridine rings is 2. The van der Waals surface area contributed by atoms with E-state index in [-0.39, 0.29) is 39.6 Å². The van der Waals surface area contributed by atoms with Gasteiger partial charge in [0.25, 0.3) is 5.91 Å². The van der Waals surface area contributed by atoms with Crippen molar-refractivity contribution in [3.05, 3.63) is 173 Å². The molecule has 2 aliphatic rings. The Morgan fingerprint density at radius 1 is 0.569 bits per heavy atom. The van der Waals surface area contributed by atoms with Gasteiger partial charge in [-0.25, -0.2) is 14.8 Å². The second kappa shape index (κ2) is 17.5. The fraction of sp³-hybridized carbons (Fsp3) is 0.130. The highest BCUT2D eigenvalue weighted by Gasteiger charge is 2.25. The molecule has 6 aromatic carbocycles. The highest BCUT2D eigenvalue weighted by molar-refractivity contribution is 6.10. The first-order chi connectivity index (χ1) is 31.8. The first kappa shape index (κ1) is 40.7. The Kier molecular flexibility index (Phi) is 10.9. The minimum absolute atomic E-state index is 0.0443. The maximum Gasteiger partial charge on any atom is 0.336 e. The van der Waals surface area contributed by atoms with Crippen LogP contribution in [0.3, 0.4) is 0 Å². The van der Waals surface area contributed by atoms with Crippen molar-refractivity contribution in [1.29, 1.82) is 0 Å². The van der Waals surface area contributed by atoms with Crippen molar-refractivity contribution in [3.8, 4) is 28.2 Å². The number of aromatic carboxylic acids is 1. The molecule has 0 spiro atoms. The van der Waals surface area contributed by atoms with Crippen molar-refractivity contribution in [2.24, 2.45) is 0 Å². The lowest BCUT2D eigenvalue weighted by Crippen LogP contribution is -2.34. The molecule has 0 unspecified atom stereocenters. The molecule has 4 N–H and O–H groups in total. The normalized spacial score (nSPS) is 11.5. The summed E-state index contributed by atoms with van der Waals surface area (Å²) in [7, 11) is 0. The molecular weight excluding hydrogens is 815 g/mol. The zero-order valence-electron chi connectivity index (χ0n) is 35.3. The highest BCUT2D eigenvalue weighted by Crippen LogP contribution is 2.42. The Morgan fingerprint density at radius 3 is 1.69 bits per heavy atom. The lowest BCUT2D eigenvalue weighted by Gasteiger charge is -2.24. The van der Waals surface area contributed by atoms with Crippen molar-refractivity contribution in [3.63, 3.8) is 0 Å². The van der Waals surface area contributed by atoms with Gasteiger partial charge in [-0.1, -0.05) is 78.9 Å². The number of rotatable bonds is 14. The van der Waals surface area contributed by atoms with Gasteiger partial charge in [-0.3, -0.25) is 9.59 Å². The number of fused-ring (bicyclic) bond motifs is 6. The second-order valence-electron chi connectivity index (χ2n) is 16.1. The molecule has 1 aliphatic carbocycles. The first-order valence-corrected chi connectivity index (χ1v) is 21.7. The van der Waals surface area contributed by atoms with Gasteiger partial charge in [0.2, 0.25) is 0 Å². The summed E-state index contributed by atoms with van der Waals surface area (Å²) in [5, 5.41) is 33.0. The lowest BCUT2D eigenvalue weighted by atomic mass is 9.89. The van der Waals surface area contributed by atoms with Gasteiger partial charge in [0.15, 0.2) is 5.43 Å². The smallest absolute Gasteiger partial charge is 0.336 e. The monoisotopic (exact) mass is 857 g/mol. The summed E-state index contributed by atoms with van der Waals surface area (Å²) in [4.78, 5) is 51.7. The molecule has 1 aliphatic heterocycles. The van der Waals surface area contributed by atoms with Crippen LogP contribution >= 0.6 is 0 Å². The molecule has 0 saturated carbocycles. The molecule has 11 heteroatoms. The number of aromatic hydroxyl groups is 1. The van der Waals surface area contributed by atoms with Gasteiger partial charge in [-0.15, -0.1) is 0 Å². The van der Waals surface area contributed by atoms with Gasteiger partial charge in [0, 0.05) is 81.9 Å². The number of nitrogens with one attached hydrogen (secondary N) is 2. The number of carboxylic acids is 1. The standard InChI is InChI=1S/C54H43N5O6/c60-34-21-24-41-48(31-34)65-49-32-35(61)22-25-42(49)50(41)36-23-20-33(30-43(36)54(63)64)53(62)59(29-11-27-56-52-39-14-3-7-18-46(39)58-47-19-8-4-15-40(47)52)28-10-9-26-55-51-37-12-1-5-16-44(37)57-45-17-6-2-13-38(45)51/h1-8,12-25,30-32,60H,9-11,26-29H2,(H,55,57)(H,56,58)(H,63,64). The molecule has 0 fully saturated rings. The van der Waals surface area contributed by atoms with Crippen molar-refractivity contribution in [2.75, 3.05) is 36.8 Å². The van der Waals surface area contributed by atoms with E-state index in [2.05, 4.69) is 34.9 Å². The summed E-state index contributed by atoms with van der Waals surface area (Å²) in [5.74, 6) is -1.30. The fourth-order valence-corrected chi connectivity index (χ4v) is 8.90. The van der Waals surface area contributed by atoms with Crippen LogP contribution in [0.2, 0.25) is 0 Å². The number of amides is 1. The quantitative estimate of drug-likeness (QED) is 0.0613. The van der Waals surface area contributed by atoms with Crippen LogP contribution in [-0.4, -0.2) is 63.1 Å². The number of phenolic OH excluding ortho intramolecular Hbond substituents is 1. The zero-order chi connectivity index (χ0) is 44.4. The van der Waals surface area contributed by atoms with Gasteiger partial charge in [0.1, 0.15) is 17.1 Å². The molecule has 10 rings (SSSR count). The van der Waals surface area contributed by atoms with E-state index in [0.717, 1.165) is 61.4 Å². The Labute approximate surface area is 373 Å². The SMILES string of the molecule is O=C(O)c1cc(C(=O)N(CCCCNc2c3ccccc3nc3ccccc23)CCCNc2c3ccccc3nc3ccccc23)ccc1-c1c2ccc(=O)cc-2oc2cc(O)ccc12. The molecule has 8 aromatic rings. The van der Waals surface area contributed by atoms with Crippen molar-refractivity contribution in [1.82, 2.24) is 14.9 Å². The molecule has 3 heterocycles. The van der Waals surface area contributed by atoms with Gasteiger partial charge in [-0.2, -0.15) is 0 Å². The summed E-state index contributed by atoms with van der Waals surface area (Å²) in [6.07, 6.45) is 2.08. The van der Waals surface area contributed by atoms with Crippen molar-refractivity contribution in [2.45, 2.75) is 19.3 Å². The summed E-state index contributed by atoms with van der Waals surface area (Å²) in [6, 6.07) is 45.9. The van der Waals surface area contributed by atoms with Gasteiger partial charge < -0.3 is 30.2 Å². The first-order valence-electron chi connectivity index (χ1n) is 21.7. The molecule has 320 valence electrons. The molecule has 65 heavy (non-hydrogen) atoms. The molecule has 1 amide bonds. The van der Waals surface area contributed by atoms with Gasteiger partial charge in [0.05, 0.1) is 39.0 Å². The number of aromatic nitrogens is 2. The van der Waals surface area contributed by atoms with Crippen LogP contribution in [0.4, 0.5) is 11.4 Å². The van der Waals surface area contributed by atoms with Crippen LogP contribution in [0.25, 0.3) is 77.0 Å². The van der Waals surface area contributed by atoms with E-state index in [1.54, 1.807) is 24.3 Å². The molecular formula is C54H43N5O6. The number of carbonyl (C=O) groups is 2. The number of carboxylic acid groups (broad SMARTS) is 1. The highest BCUT2D eigenvalue weighted by atomic mass is 16.4. The maximum absolute atomic E-state index is 14.7.